The zero-order valence-corrected chi connectivity index (χ0v) is 23.9. The number of aromatic nitrogens is 1. The van der Waals surface area contributed by atoms with E-state index >= 15 is 0 Å². The third-order valence-electron chi connectivity index (χ3n) is 5.66. The fourth-order valence-corrected chi connectivity index (χ4v) is 4.21. The number of anilines is 1. The minimum absolute atomic E-state index is 0.0599. The molecule has 1 aromatic heterocycles. The Morgan fingerprint density at radius 2 is 1.68 bits per heavy atom. The standard InChI is InChI=1S/C25H26F3N5O3S.C2HF3O2/c1-14(32-22(34)12-23(35)33-18-6-3-16(4-7-18)24(29)30)17-5-8-20(19(11-17)25(26,27)28)36-10-9-21-15(2)31-13-37-21;3-2(4,5)1(6)7/h3-8,11,13-14H,9-10,12H2,1-2H3,(H3,29,30)(H,32,34)(H,33,35);(H,6,7). The predicted molar refractivity (Wildman–Crippen MR) is 148 cm³/mol. The van der Waals surface area contributed by atoms with E-state index in [-0.39, 0.29) is 23.8 Å². The number of hydrogen-bond donors (Lipinski definition) is 5. The van der Waals surface area contributed by atoms with Crippen LogP contribution in [-0.2, 0) is 27.0 Å². The molecule has 0 saturated carbocycles. The molecule has 0 saturated heterocycles. The SMILES string of the molecule is Cc1ncsc1CCOc1ccc(C(C)NC(=O)CC(=O)Nc2ccc(C(=N)N)cc2)cc1C(F)(F)F.O=C(O)C(F)(F)F. The minimum atomic E-state index is -5.08. The number of ether oxygens (including phenoxy) is 1. The zero-order valence-electron chi connectivity index (χ0n) is 23.1. The summed E-state index contributed by atoms with van der Waals surface area (Å²) in [4.78, 5) is 38.5. The van der Waals surface area contributed by atoms with Crippen LogP contribution in [0.2, 0.25) is 0 Å². The lowest BCUT2D eigenvalue weighted by Crippen LogP contribution is -2.30. The molecule has 0 aliphatic rings. The van der Waals surface area contributed by atoms with Crippen LogP contribution in [0.1, 0.15) is 46.6 Å². The van der Waals surface area contributed by atoms with E-state index < -0.39 is 48.2 Å². The number of carbonyl (C=O) groups excluding carboxylic acids is 2. The van der Waals surface area contributed by atoms with Crippen molar-refractivity contribution in [3.05, 3.63) is 75.2 Å². The first-order valence-electron chi connectivity index (χ1n) is 12.4. The van der Waals surface area contributed by atoms with Crippen molar-refractivity contribution in [2.24, 2.45) is 5.73 Å². The molecule has 238 valence electrons. The second-order valence-corrected chi connectivity index (χ2v) is 9.96. The van der Waals surface area contributed by atoms with E-state index in [9.17, 15) is 35.9 Å². The van der Waals surface area contributed by atoms with Crippen LogP contribution >= 0.6 is 11.3 Å². The van der Waals surface area contributed by atoms with E-state index in [1.54, 1.807) is 17.6 Å². The van der Waals surface area contributed by atoms with Gasteiger partial charge in [0.15, 0.2) is 0 Å². The van der Waals surface area contributed by atoms with Crippen molar-refractivity contribution < 1.29 is 50.6 Å². The van der Waals surface area contributed by atoms with Crippen molar-refractivity contribution in [1.29, 1.82) is 5.41 Å². The second kappa shape index (κ2) is 15.2. The molecule has 0 spiro atoms. The van der Waals surface area contributed by atoms with Gasteiger partial charge in [-0.2, -0.15) is 26.3 Å². The third kappa shape index (κ3) is 11.2. The van der Waals surface area contributed by atoms with E-state index in [0.717, 1.165) is 16.6 Å². The van der Waals surface area contributed by atoms with Gasteiger partial charge >= 0.3 is 18.3 Å². The van der Waals surface area contributed by atoms with Crippen LogP contribution in [0.15, 0.2) is 48.0 Å². The molecule has 1 heterocycles. The molecule has 1 unspecified atom stereocenters. The lowest BCUT2D eigenvalue weighted by molar-refractivity contribution is -0.192. The summed E-state index contributed by atoms with van der Waals surface area (Å²) in [5.41, 5.74) is 8.04. The average Bonchev–Trinajstić information content (AvgIpc) is 3.32. The van der Waals surface area contributed by atoms with Gasteiger partial charge in [0.1, 0.15) is 18.0 Å². The number of carbonyl (C=O) groups is 3. The summed E-state index contributed by atoms with van der Waals surface area (Å²) in [6.07, 6.45) is -9.83. The number of amidine groups is 1. The van der Waals surface area contributed by atoms with Gasteiger partial charge in [-0.15, -0.1) is 11.3 Å². The number of nitrogen functional groups attached to an aromatic ring is 1. The molecule has 3 rings (SSSR count). The molecule has 0 aliphatic carbocycles. The van der Waals surface area contributed by atoms with Crippen molar-refractivity contribution in [2.75, 3.05) is 11.9 Å². The fraction of sp³-hybridized carbons (Fsp3) is 0.296. The smallest absolute Gasteiger partial charge is 0.490 e. The molecule has 3 aromatic rings. The van der Waals surface area contributed by atoms with Gasteiger partial charge in [-0.25, -0.2) is 9.78 Å². The molecule has 10 nitrogen and oxygen atoms in total. The summed E-state index contributed by atoms with van der Waals surface area (Å²) in [5, 5.41) is 19.6. The van der Waals surface area contributed by atoms with Gasteiger partial charge in [0.2, 0.25) is 11.8 Å². The Morgan fingerprint density at radius 3 is 2.18 bits per heavy atom. The summed E-state index contributed by atoms with van der Waals surface area (Å²) in [6.45, 7) is 3.41. The van der Waals surface area contributed by atoms with E-state index in [2.05, 4.69) is 15.6 Å². The number of nitrogens with two attached hydrogens (primary N) is 1. The number of thiazole rings is 1. The Hall–Kier alpha value is -4.67. The monoisotopic (exact) mass is 647 g/mol. The van der Waals surface area contributed by atoms with Crippen molar-refractivity contribution in [1.82, 2.24) is 10.3 Å². The van der Waals surface area contributed by atoms with Gasteiger partial charge < -0.3 is 26.2 Å². The molecule has 2 amide bonds. The van der Waals surface area contributed by atoms with Gasteiger partial charge in [-0.1, -0.05) is 6.07 Å². The number of carboxylic acids is 1. The van der Waals surface area contributed by atoms with Gasteiger partial charge in [-0.05, 0) is 55.8 Å². The fourth-order valence-electron chi connectivity index (χ4n) is 3.44. The highest BCUT2D eigenvalue weighted by molar-refractivity contribution is 7.09. The number of nitrogens with one attached hydrogen (secondary N) is 3. The first kappa shape index (κ1) is 35.5. The van der Waals surface area contributed by atoms with Crippen LogP contribution in [0.3, 0.4) is 0 Å². The van der Waals surface area contributed by atoms with Gasteiger partial charge in [0.25, 0.3) is 0 Å². The first-order chi connectivity index (χ1) is 20.4. The van der Waals surface area contributed by atoms with Crippen molar-refractivity contribution in [3.63, 3.8) is 0 Å². The number of carboxylic acid groups (broad SMARTS) is 1. The number of hydrogen-bond acceptors (Lipinski definition) is 7. The topological polar surface area (TPSA) is 167 Å². The predicted octanol–water partition coefficient (Wildman–Crippen LogP) is 5.22. The number of halogens is 6. The highest BCUT2D eigenvalue weighted by atomic mass is 32.1. The third-order valence-corrected chi connectivity index (χ3v) is 6.66. The van der Waals surface area contributed by atoms with E-state index in [1.807, 2.05) is 6.92 Å². The number of aliphatic carboxylic acids is 1. The first-order valence-corrected chi connectivity index (χ1v) is 13.3. The van der Waals surface area contributed by atoms with E-state index in [1.165, 1.54) is 42.5 Å². The summed E-state index contributed by atoms with van der Waals surface area (Å²) in [5.74, 6) is -4.43. The molecule has 1 atom stereocenters. The Balaban J connectivity index is 0.000000860. The largest absolute Gasteiger partial charge is 0.493 e. The lowest BCUT2D eigenvalue weighted by atomic mass is 10.0. The van der Waals surface area contributed by atoms with Crippen LogP contribution in [0, 0.1) is 12.3 Å². The van der Waals surface area contributed by atoms with E-state index in [0.29, 0.717) is 17.7 Å². The number of nitrogens with zero attached hydrogens (tertiary/aromatic N) is 1. The number of benzene rings is 2. The Labute approximate surface area is 250 Å². The van der Waals surface area contributed by atoms with Crippen LogP contribution in [0.25, 0.3) is 0 Å². The maximum atomic E-state index is 13.7. The molecule has 0 radical (unpaired) electrons. The zero-order chi connectivity index (χ0) is 33.2. The molecular weight excluding hydrogens is 620 g/mol. The maximum Gasteiger partial charge on any atom is 0.490 e. The van der Waals surface area contributed by atoms with Crippen LogP contribution in [-0.4, -0.2) is 46.5 Å². The minimum Gasteiger partial charge on any atom is -0.493 e. The Morgan fingerprint density at radius 1 is 1.07 bits per heavy atom. The van der Waals surface area contributed by atoms with Gasteiger partial charge in [0, 0.05) is 22.5 Å². The number of alkyl halides is 6. The highest BCUT2D eigenvalue weighted by Crippen LogP contribution is 2.38. The normalized spacial score (nSPS) is 11.9. The van der Waals surface area contributed by atoms with Gasteiger partial charge in [-0.3, -0.25) is 15.0 Å². The quantitative estimate of drug-likeness (QED) is 0.0871. The Kier molecular flexibility index (Phi) is 12.3. The summed E-state index contributed by atoms with van der Waals surface area (Å²) in [6, 6.07) is 9.01. The number of aryl methyl sites for hydroxylation is 1. The van der Waals surface area contributed by atoms with Gasteiger partial charge in [0.05, 0.1) is 29.4 Å². The van der Waals surface area contributed by atoms with Crippen LogP contribution < -0.4 is 21.1 Å². The van der Waals surface area contributed by atoms with Crippen molar-refractivity contribution in [3.8, 4) is 5.75 Å². The van der Waals surface area contributed by atoms with E-state index in [4.69, 9.17) is 25.8 Å². The lowest BCUT2D eigenvalue weighted by Gasteiger charge is -2.19. The van der Waals surface area contributed by atoms with Crippen LogP contribution in [0.4, 0.5) is 32.0 Å². The molecule has 0 bridgehead atoms. The molecule has 2 aromatic carbocycles. The molecule has 0 aliphatic heterocycles. The van der Waals surface area contributed by atoms with Crippen molar-refractivity contribution >= 4 is 40.6 Å². The van der Waals surface area contributed by atoms with Crippen molar-refractivity contribution in [2.45, 2.75) is 45.1 Å². The average molecular weight is 648 g/mol. The molecular formula is C27H27F6N5O5S. The molecule has 0 fully saturated rings. The summed E-state index contributed by atoms with van der Waals surface area (Å²) < 4.78 is 78.3. The second-order valence-electron chi connectivity index (χ2n) is 9.02. The van der Waals surface area contributed by atoms with Crippen LogP contribution in [0.5, 0.6) is 5.75 Å². The molecule has 44 heavy (non-hydrogen) atoms. The summed E-state index contributed by atoms with van der Waals surface area (Å²) >= 11 is 1.42. The molecule has 17 heteroatoms. The number of rotatable bonds is 10. The summed E-state index contributed by atoms with van der Waals surface area (Å²) in [7, 11) is 0. The molecule has 6 N–H and O–H groups in total. The number of amides is 2. The maximum absolute atomic E-state index is 13.7. The highest BCUT2D eigenvalue weighted by Gasteiger charge is 2.38. The Bertz CT molecular complexity index is 1480.